The van der Waals surface area contributed by atoms with E-state index in [-0.39, 0.29) is 23.7 Å². The summed E-state index contributed by atoms with van der Waals surface area (Å²) < 4.78 is 90.3. The SMILES string of the molecule is Cc1ccc(S(=O)(=O)N2CC[N+](C)(c3cccc(OS(=O)(=O)C(F)(F)F)c3)C2=O)cc1. The van der Waals surface area contributed by atoms with Gasteiger partial charge >= 0.3 is 21.7 Å². The molecular weight excluding hydrogens is 461 g/mol. The van der Waals surface area contributed by atoms with Crippen LogP contribution in [0.25, 0.3) is 0 Å². The molecule has 0 bridgehead atoms. The van der Waals surface area contributed by atoms with E-state index in [9.17, 15) is 34.8 Å². The summed E-state index contributed by atoms with van der Waals surface area (Å²) in [4.78, 5) is 13.0. The van der Waals surface area contributed by atoms with Crippen LogP contribution in [0.15, 0.2) is 53.4 Å². The quantitative estimate of drug-likeness (QED) is 0.372. The zero-order chi connectivity index (χ0) is 23.2. The molecule has 1 unspecified atom stereocenters. The van der Waals surface area contributed by atoms with Crippen molar-refractivity contribution in [1.29, 1.82) is 0 Å². The summed E-state index contributed by atoms with van der Waals surface area (Å²) in [5, 5.41) is 0. The molecule has 13 heteroatoms. The average molecular weight is 479 g/mol. The lowest BCUT2D eigenvalue weighted by Crippen LogP contribution is -2.49. The van der Waals surface area contributed by atoms with Crippen molar-refractivity contribution in [2.75, 3.05) is 20.1 Å². The molecule has 3 rings (SSSR count). The van der Waals surface area contributed by atoms with E-state index in [1.54, 1.807) is 19.1 Å². The van der Waals surface area contributed by atoms with Crippen molar-refractivity contribution in [3.63, 3.8) is 0 Å². The van der Waals surface area contributed by atoms with E-state index in [1.165, 1.54) is 31.3 Å². The predicted molar refractivity (Wildman–Crippen MR) is 105 cm³/mol. The van der Waals surface area contributed by atoms with Gasteiger partial charge in [-0.2, -0.15) is 25.9 Å². The van der Waals surface area contributed by atoms with Gasteiger partial charge in [0.1, 0.15) is 18.0 Å². The van der Waals surface area contributed by atoms with E-state index in [0.29, 0.717) is 4.31 Å². The van der Waals surface area contributed by atoms with Crippen molar-refractivity contribution in [2.45, 2.75) is 17.3 Å². The first-order valence-electron chi connectivity index (χ1n) is 8.79. The van der Waals surface area contributed by atoms with Gasteiger partial charge in [0.15, 0.2) is 0 Å². The molecule has 2 aromatic rings. The Balaban J connectivity index is 1.93. The minimum absolute atomic E-state index is 0.0145. The highest BCUT2D eigenvalue weighted by atomic mass is 32.2. The molecule has 1 saturated heterocycles. The monoisotopic (exact) mass is 479 g/mol. The Morgan fingerprint density at radius 2 is 1.65 bits per heavy atom. The molecule has 0 aromatic heterocycles. The third-order valence-electron chi connectivity index (χ3n) is 4.87. The van der Waals surface area contributed by atoms with Crippen LogP contribution in [0.2, 0.25) is 0 Å². The topological polar surface area (TPSA) is 97.8 Å². The number of aryl methyl sites for hydroxylation is 1. The van der Waals surface area contributed by atoms with Gasteiger partial charge in [0.25, 0.3) is 10.0 Å². The number of sulfonamides is 1. The second kappa shape index (κ2) is 7.50. The van der Waals surface area contributed by atoms with E-state index >= 15 is 0 Å². The van der Waals surface area contributed by atoms with Crippen molar-refractivity contribution < 1.29 is 39.0 Å². The maximum absolute atomic E-state index is 13.1. The molecule has 2 aromatic carbocycles. The summed E-state index contributed by atoms with van der Waals surface area (Å²) >= 11 is 0. The molecule has 0 aliphatic carbocycles. The molecule has 8 nitrogen and oxygen atoms in total. The zero-order valence-corrected chi connectivity index (χ0v) is 18.0. The lowest BCUT2D eigenvalue weighted by Gasteiger charge is -2.25. The summed E-state index contributed by atoms with van der Waals surface area (Å²) in [7, 11) is -8.67. The Morgan fingerprint density at radius 3 is 2.23 bits per heavy atom. The smallest absolute Gasteiger partial charge is 0.376 e. The summed E-state index contributed by atoms with van der Waals surface area (Å²) in [5.41, 5.74) is -4.72. The minimum atomic E-state index is -5.90. The second-order valence-electron chi connectivity index (χ2n) is 7.07. The highest BCUT2D eigenvalue weighted by molar-refractivity contribution is 7.89. The molecule has 0 saturated carbocycles. The summed E-state index contributed by atoms with van der Waals surface area (Å²) in [6.07, 6.45) is 0. The van der Waals surface area contributed by atoms with Crippen LogP contribution in [0, 0.1) is 6.92 Å². The number of carbonyl (C=O) groups is 1. The van der Waals surface area contributed by atoms with Crippen LogP contribution >= 0.6 is 0 Å². The van der Waals surface area contributed by atoms with Crippen molar-refractivity contribution in [3.8, 4) is 5.75 Å². The van der Waals surface area contributed by atoms with Crippen molar-refractivity contribution in [3.05, 3.63) is 54.1 Å². The third kappa shape index (κ3) is 4.12. The van der Waals surface area contributed by atoms with Gasteiger partial charge in [-0.05, 0) is 31.2 Å². The molecule has 1 atom stereocenters. The van der Waals surface area contributed by atoms with E-state index in [1.807, 2.05) is 0 Å². The molecule has 168 valence electrons. The molecule has 1 aliphatic heterocycles. The Bertz CT molecular complexity index is 1230. The number of hydrogen-bond donors (Lipinski definition) is 0. The van der Waals surface area contributed by atoms with Gasteiger partial charge < -0.3 is 4.18 Å². The number of urea groups is 1. The number of hydrogen-bond acceptors (Lipinski definition) is 6. The fraction of sp³-hybridized carbons (Fsp3) is 0.278. The number of alkyl halides is 3. The highest BCUT2D eigenvalue weighted by Crippen LogP contribution is 2.34. The largest absolute Gasteiger partial charge is 0.534 e. The van der Waals surface area contributed by atoms with Gasteiger partial charge in [-0.15, -0.1) is 0 Å². The normalized spacial score (nSPS) is 20.2. The summed E-state index contributed by atoms with van der Waals surface area (Å²) in [6, 6.07) is 9.61. The fourth-order valence-electron chi connectivity index (χ4n) is 3.04. The van der Waals surface area contributed by atoms with Crippen LogP contribution in [0.4, 0.5) is 23.7 Å². The number of quaternary nitrogens is 1. The Morgan fingerprint density at radius 1 is 1.03 bits per heavy atom. The number of rotatable bonds is 5. The van der Waals surface area contributed by atoms with Crippen LogP contribution < -0.4 is 8.67 Å². The maximum atomic E-state index is 13.1. The first kappa shape index (κ1) is 23.0. The Hall–Kier alpha value is -2.64. The number of halogens is 3. The fourth-order valence-corrected chi connectivity index (χ4v) is 4.94. The van der Waals surface area contributed by atoms with Gasteiger partial charge in [-0.3, -0.25) is 0 Å². The summed E-state index contributed by atoms with van der Waals surface area (Å²) in [6.45, 7) is 1.59. The first-order valence-corrected chi connectivity index (χ1v) is 11.6. The highest BCUT2D eigenvalue weighted by Gasteiger charge is 2.51. The molecule has 0 N–H and O–H groups in total. The predicted octanol–water partition coefficient (Wildman–Crippen LogP) is 2.99. The number of amides is 2. The van der Waals surface area contributed by atoms with Crippen LogP contribution in [-0.4, -0.2) is 52.8 Å². The molecule has 31 heavy (non-hydrogen) atoms. The molecule has 0 radical (unpaired) electrons. The molecule has 1 heterocycles. The van der Waals surface area contributed by atoms with Gasteiger partial charge in [0.05, 0.1) is 18.5 Å². The van der Waals surface area contributed by atoms with Gasteiger partial charge in [0, 0.05) is 6.07 Å². The van der Waals surface area contributed by atoms with Crippen LogP contribution in [0.5, 0.6) is 5.75 Å². The lowest BCUT2D eigenvalue weighted by atomic mass is 10.2. The van der Waals surface area contributed by atoms with Crippen LogP contribution in [0.1, 0.15) is 5.56 Å². The first-order chi connectivity index (χ1) is 14.2. The standard InChI is InChI=1S/C18H18F3N2O6S2/c1-13-6-8-16(9-7-13)30(25,26)22-10-11-23(2,17(22)24)14-4-3-5-15(12-14)29-31(27,28)18(19,20)21/h3-9,12H,10-11H2,1-2H3/q+1. The van der Waals surface area contributed by atoms with Crippen LogP contribution in [0.3, 0.4) is 0 Å². The number of likely N-dealkylation sites (N-methyl/N-ethyl adjacent to an activating group) is 1. The van der Waals surface area contributed by atoms with Gasteiger partial charge in [-0.1, -0.05) is 23.8 Å². The zero-order valence-electron chi connectivity index (χ0n) is 16.3. The van der Waals surface area contributed by atoms with Crippen molar-refractivity contribution in [2.24, 2.45) is 0 Å². The van der Waals surface area contributed by atoms with E-state index < -0.39 is 41.9 Å². The number of benzene rings is 2. The van der Waals surface area contributed by atoms with Crippen molar-refractivity contribution >= 4 is 31.9 Å². The molecule has 1 aliphatic rings. The van der Waals surface area contributed by atoms with Crippen molar-refractivity contribution in [1.82, 2.24) is 8.79 Å². The number of nitrogens with zero attached hydrogens (tertiary/aromatic N) is 2. The molecule has 0 spiro atoms. The Kier molecular flexibility index (Phi) is 5.57. The molecular formula is C18H18F3N2O6S2+. The van der Waals surface area contributed by atoms with Gasteiger partial charge in [-0.25, -0.2) is 17.7 Å². The molecule has 2 amide bonds. The average Bonchev–Trinajstić information content (AvgIpc) is 2.98. The molecule has 1 fully saturated rings. The lowest BCUT2D eigenvalue weighted by molar-refractivity contribution is -0.0500. The summed E-state index contributed by atoms with van der Waals surface area (Å²) in [5.74, 6) is -0.651. The maximum Gasteiger partial charge on any atom is 0.534 e. The second-order valence-corrected chi connectivity index (χ2v) is 10.5. The van der Waals surface area contributed by atoms with E-state index in [4.69, 9.17) is 0 Å². The van der Waals surface area contributed by atoms with E-state index in [0.717, 1.165) is 17.7 Å². The van der Waals surface area contributed by atoms with E-state index in [2.05, 4.69) is 4.18 Å². The van der Waals surface area contributed by atoms with Crippen LogP contribution in [-0.2, 0) is 20.1 Å². The minimum Gasteiger partial charge on any atom is -0.376 e. The van der Waals surface area contributed by atoms with Gasteiger partial charge in [0.2, 0.25) is 0 Å². The Labute approximate surface area is 177 Å². The number of carbonyl (C=O) groups excluding carboxylic acids is 1. The third-order valence-corrected chi connectivity index (χ3v) is 7.64.